The number of benzene rings is 1. The molecule has 0 saturated carbocycles. The average molecular weight is 388 g/mol. The van der Waals surface area contributed by atoms with Gasteiger partial charge in [0.25, 0.3) is 5.91 Å². The predicted octanol–water partition coefficient (Wildman–Crippen LogP) is 1.98. The number of nitrogens with zero attached hydrogens (tertiary/aromatic N) is 1. The van der Waals surface area contributed by atoms with Crippen molar-refractivity contribution in [2.75, 3.05) is 39.4 Å². The first-order valence-corrected chi connectivity index (χ1v) is 9.98. The number of aryl methyl sites for hydroxylation is 1. The summed E-state index contributed by atoms with van der Waals surface area (Å²) in [5.41, 5.74) is 1.64. The third-order valence-corrected chi connectivity index (χ3v) is 5.55. The molecule has 2 heterocycles. The first-order valence-electron chi connectivity index (χ1n) is 9.10. The van der Waals surface area contributed by atoms with Gasteiger partial charge in [0.15, 0.2) is 0 Å². The van der Waals surface area contributed by atoms with Crippen molar-refractivity contribution < 1.29 is 14.3 Å². The van der Waals surface area contributed by atoms with Gasteiger partial charge in [-0.2, -0.15) is 0 Å². The molecule has 0 radical (unpaired) electrons. The van der Waals surface area contributed by atoms with E-state index in [4.69, 9.17) is 4.74 Å². The van der Waals surface area contributed by atoms with Crippen LogP contribution in [0.25, 0.3) is 0 Å². The molecule has 1 aliphatic heterocycles. The summed E-state index contributed by atoms with van der Waals surface area (Å²) in [4.78, 5) is 27.9. The van der Waals surface area contributed by atoms with Crippen LogP contribution in [-0.4, -0.2) is 56.1 Å². The van der Waals surface area contributed by atoms with Gasteiger partial charge in [-0.05, 0) is 30.5 Å². The highest BCUT2D eigenvalue weighted by atomic mass is 32.1. The fraction of sp³-hybridized carbons (Fsp3) is 0.400. The summed E-state index contributed by atoms with van der Waals surface area (Å²) in [6.45, 7) is 5.57. The number of hydrogen-bond donors (Lipinski definition) is 2. The van der Waals surface area contributed by atoms with E-state index in [9.17, 15) is 9.59 Å². The first-order chi connectivity index (χ1) is 13.1. The molecule has 3 rings (SSSR count). The SMILES string of the molecule is Cc1ccc(C(=O)NCC(=O)NC[C@H](c2cccs2)N2CCOCC2)cc1. The molecule has 1 fully saturated rings. The molecule has 1 aromatic carbocycles. The monoisotopic (exact) mass is 387 g/mol. The lowest BCUT2D eigenvalue weighted by Gasteiger charge is -2.34. The van der Waals surface area contributed by atoms with E-state index in [0.717, 1.165) is 18.7 Å². The van der Waals surface area contributed by atoms with Crippen LogP contribution in [-0.2, 0) is 9.53 Å². The number of carbonyl (C=O) groups is 2. The molecule has 0 aliphatic carbocycles. The molecule has 27 heavy (non-hydrogen) atoms. The summed E-state index contributed by atoms with van der Waals surface area (Å²) in [7, 11) is 0. The maximum atomic E-state index is 12.2. The van der Waals surface area contributed by atoms with Gasteiger partial charge >= 0.3 is 0 Å². The first kappa shape index (κ1) is 19.5. The minimum Gasteiger partial charge on any atom is -0.379 e. The van der Waals surface area contributed by atoms with Crippen molar-refractivity contribution in [2.45, 2.75) is 13.0 Å². The zero-order chi connectivity index (χ0) is 19.1. The molecule has 1 aliphatic rings. The molecular formula is C20H25N3O3S. The van der Waals surface area contributed by atoms with E-state index < -0.39 is 0 Å². The minimum absolute atomic E-state index is 0.0347. The van der Waals surface area contributed by atoms with Gasteiger partial charge in [0.1, 0.15) is 0 Å². The fourth-order valence-electron chi connectivity index (χ4n) is 3.02. The largest absolute Gasteiger partial charge is 0.379 e. The van der Waals surface area contributed by atoms with Gasteiger partial charge in [-0.15, -0.1) is 11.3 Å². The zero-order valence-corrected chi connectivity index (χ0v) is 16.3. The van der Waals surface area contributed by atoms with Gasteiger partial charge in [-0.25, -0.2) is 0 Å². The van der Waals surface area contributed by atoms with Crippen LogP contribution >= 0.6 is 11.3 Å². The Morgan fingerprint density at radius 2 is 1.89 bits per heavy atom. The maximum absolute atomic E-state index is 12.2. The van der Waals surface area contributed by atoms with Crippen LogP contribution in [0, 0.1) is 6.92 Å². The second-order valence-corrected chi connectivity index (χ2v) is 7.51. The van der Waals surface area contributed by atoms with Crippen LogP contribution in [0.5, 0.6) is 0 Å². The van der Waals surface area contributed by atoms with Crippen molar-refractivity contribution in [3.05, 3.63) is 57.8 Å². The second-order valence-electron chi connectivity index (χ2n) is 6.53. The van der Waals surface area contributed by atoms with E-state index in [1.54, 1.807) is 23.5 Å². The van der Waals surface area contributed by atoms with Crippen molar-refractivity contribution in [2.24, 2.45) is 0 Å². The molecule has 0 unspecified atom stereocenters. The molecular weight excluding hydrogens is 362 g/mol. The molecule has 0 spiro atoms. The number of morpholine rings is 1. The number of ether oxygens (including phenoxy) is 1. The van der Waals surface area contributed by atoms with Crippen molar-refractivity contribution in [3.8, 4) is 0 Å². The average Bonchev–Trinajstić information content (AvgIpc) is 3.22. The van der Waals surface area contributed by atoms with Gasteiger partial charge < -0.3 is 15.4 Å². The molecule has 6 nitrogen and oxygen atoms in total. The van der Waals surface area contributed by atoms with E-state index >= 15 is 0 Å². The Hall–Kier alpha value is -2.22. The fourth-order valence-corrected chi connectivity index (χ4v) is 3.88. The highest BCUT2D eigenvalue weighted by Crippen LogP contribution is 2.25. The van der Waals surface area contributed by atoms with Crippen molar-refractivity contribution in [1.29, 1.82) is 0 Å². The molecule has 7 heteroatoms. The number of amides is 2. The van der Waals surface area contributed by atoms with Gasteiger partial charge in [-0.1, -0.05) is 23.8 Å². The predicted molar refractivity (Wildman–Crippen MR) is 106 cm³/mol. The van der Waals surface area contributed by atoms with E-state index in [2.05, 4.69) is 21.6 Å². The van der Waals surface area contributed by atoms with E-state index in [1.807, 2.05) is 30.5 Å². The van der Waals surface area contributed by atoms with E-state index in [1.165, 1.54) is 4.88 Å². The van der Waals surface area contributed by atoms with Gasteiger partial charge in [0.2, 0.25) is 5.91 Å². The Bertz CT molecular complexity index is 740. The number of rotatable bonds is 7. The maximum Gasteiger partial charge on any atom is 0.251 e. The number of hydrogen-bond acceptors (Lipinski definition) is 5. The molecule has 0 bridgehead atoms. The Balaban J connectivity index is 1.50. The quantitative estimate of drug-likeness (QED) is 0.762. The summed E-state index contributed by atoms with van der Waals surface area (Å²) in [6, 6.07) is 11.5. The van der Waals surface area contributed by atoms with E-state index in [-0.39, 0.29) is 24.4 Å². The summed E-state index contributed by atoms with van der Waals surface area (Å²) >= 11 is 1.69. The summed E-state index contributed by atoms with van der Waals surface area (Å²) < 4.78 is 5.43. The van der Waals surface area contributed by atoms with Crippen LogP contribution in [0.1, 0.15) is 26.8 Å². The molecule has 1 saturated heterocycles. The Morgan fingerprint density at radius 3 is 2.56 bits per heavy atom. The lowest BCUT2D eigenvalue weighted by atomic mass is 10.1. The minimum atomic E-state index is -0.242. The van der Waals surface area contributed by atoms with Crippen LogP contribution < -0.4 is 10.6 Å². The highest BCUT2D eigenvalue weighted by Gasteiger charge is 2.24. The van der Waals surface area contributed by atoms with Crippen LogP contribution in [0.2, 0.25) is 0 Å². The highest BCUT2D eigenvalue weighted by molar-refractivity contribution is 7.10. The molecule has 2 N–H and O–H groups in total. The number of thiophene rings is 1. The summed E-state index contributed by atoms with van der Waals surface area (Å²) in [5.74, 6) is -0.432. The topological polar surface area (TPSA) is 70.7 Å². The smallest absolute Gasteiger partial charge is 0.251 e. The Labute approximate surface area is 163 Å². The zero-order valence-electron chi connectivity index (χ0n) is 15.4. The molecule has 2 amide bonds. The van der Waals surface area contributed by atoms with Gasteiger partial charge in [0, 0.05) is 30.1 Å². The van der Waals surface area contributed by atoms with Crippen molar-refractivity contribution in [1.82, 2.24) is 15.5 Å². The van der Waals surface area contributed by atoms with Crippen LogP contribution in [0.15, 0.2) is 41.8 Å². The third kappa shape index (κ3) is 5.63. The molecule has 2 aromatic rings. The van der Waals surface area contributed by atoms with Gasteiger partial charge in [0.05, 0.1) is 25.8 Å². The second kappa shape index (κ2) is 9.64. The Kier molecular flexibility index (Phi) is 6.98. The van der Waals surface area contributed by atoms with Crippen LogP contribution in [0.4, 0.5) is 0 Å². The van der Waals surface area contributed by atoms with E-state index in [0.29, 0.717) is 25.3 Å². The molecule has 1 atom stereocenters. The number of nitrogens with one attached hydrogen (secondary N) is 2. The lowest BCUT2D eigenvalue weighted by molar-refractivity contribution is -0.120. The summed E-state index contributed by atoms with van der Waals surface area (Å²) in [6.07, 6.45) is 0. The van der Waals surface area contributed by atoms with Gasteiger partial charge in [-0.3, -0.25) is 14.5 Å². The summed E-state index contributed by atoms with van der Waals surface area (Å²) in [5, 5.41) is 7.68. The molecule has 144 valence electrons. The van der Waals surface area contributed by atoms with Crippen molar-refractivity contribution in [3.63, 3.8) is 0 Å². The van der Waals surface area contributed by atoms with Crippen LogP contribution in [0.3, 0.4) is 0 Å². The Morgan fingerprint density at radius 1 is 1.15 bits per heavy atom. The normalized spacial score (nSPS) is 15.9. The standard InChI is InChI=1S/C20H25N3O3S/c1-15-4-6-16(7-5-15)20(25)22-14-19(24)21-13-17(18-3-2-12-27-18)23-8-10-26-11-9-23/h2-7,12,17H,8-11,13-14H2,1H3,(H,21,24)(H,22,25)/t17-/m1/s1. The number of carbonyl (C=O) groups excluding carboxylic acids is 2. The molecule has 1 aromatic heterocycles. The lowest BCUT2D eigenvalue weighted by Crippen LogP contribution is -2.45. The third-order valence-electron chi connectivity index (χ3n) is 4.57. The van der Waals surface area contributed by atoms with Crippen molar-refractivity contribution >= 4 is 23.2 Å².